The number of nitrogens with one attached hydrogen (secondary N) is 1. The summed E-state index contributed by atoms with van der Waals surface area (Å²) < 4.78 is 5.44. The van der Waals surface area contributed by atoms with E-state index in [1.165, 1.54) is 0 Å². The molecule has 2 unspecified atom stereocenters. The van der Waals surface area contributed by atoms with Crippen molar-refractivity contribution in [2.24, 2.45) is 4.99 Å². The summed E-state index contributed by atoms with van der Waals surface area (Å²) in [6.45, 7) is 4.06. The van der Waals surface area contributed by atoms with E-state index in [4.69, 9.17) is 4.74 Å². The summed E-state index contributed by atoms with van der Waals surface area (Å²) in [5.74, 6) is 0.926. The Balaban J connectivity index is 1.76. The second-order valence-corrected chi connectivity index (χ2v) is 5.20. The van der Waals surface area contributed by atoms with Crippen LogP contribution in [0.5, 0.6) is 0 Å². The molecule has 1 aliphatic rings. The smallest absolute Gasteiger partial charge is 0.128 e. The first-order valence-electron chi connectivity index (χ1n) is 7.42. The van der Waals surface area contributed by atoms with Crippen LogP contribution in [0.25, 0.3) is 0 Å². The number of hydrogen-bond acceptors (Lipinski definition) is 4. The van der Waals surface area contributed by atoms with Crippen LogP contribution in [0.2, 0.25) is 0 Å². The van der Waals surface area contributed by atoms with E-state index in [0.29, 0.717) is 13.0 Å². The van der Waals surface area contributed by atoms with Crippen LogP contribution in [0.15, 0.2) is 35.3 Å². The molecule has 0 fully saturated rings. The summed E-state index contributed by atoms with van der Waals surface area (Å²) >= 11 is 0. The Hall–Kier alpha value is -1.39. The van der Waals surface area contributed by atoms with Crippen molar-refractivity contribution in [3.63, 3.8) is 0 Å². The average Bonchev–Trinajstić information content (AvgIpc) is 2.93. The number of unbranched alkanes of at least 4 members (excludes halogenated alkanes) is 1. The maximum atomic E-state index is 9.94. The Morgan fingerprint density at radius 1 is 1.40 bits per heavy atom. The van der Waals surface area contributed by atoms with Crippen molar-refractivity contribution in [2.75, 3.05) is 19.8 Å². The molecule has 4 heteroatoms. The Kier molecular flexibility index (Phi) is 6.02. The van der Waals surface area contributed by atoms with E-state index in [1.54, 1.807) is 0 Å². The zero-order valence-corrected chi connectivity index (χ0v) is 12.1. The van der Waals surface area contributed by atoms with Crippen molar-refractivity contribution >= 4 is 5.84 Å². The lowest BCUT2D eigenvalue weighted by atomic mass is 10.1. The molecule has 2 rings (SSSR count). The summed E-state index contributed by atoms with van der Waals surface area (Å²) in [5.41, 5.74) is 1.10. The highest BCUT2D eigenvalue weighted by Gasteiger charge is 2.20. The molecule has 0 radical (unpaired) electrons. The van der Waals surface area contributed by atoms with Crippen LogP contribution in [0, 0.1) is 0 Å². The minimum absolute atomic E-state index is 0.134. The highest BCUT2D eigenvalue weighted by atomic mass is 16.5. The van der Waals surface area contributed by atoms with Gasteiger partial charge in [-0.2, -0.15) is 0 Å². The molecule has 1 heterocycles. The summed E-state index contributed by atoms with van der Waals surface area (Å²) in [7, 11) is 0. The lowest BCUT2D eigenvalue weighted by molar-refractivity contribution is 0.0289. The van der Waals surface area contributed by atoms with Crippen LogP contribution in [0.4, 0.5) is 0 Å². The van der Waals surface area contributed by atoms with Gasteiger partial charge >= 0.3 is 0 Å². The van der Waals surface area contributed by atoms with Crippen LogP contribution < -0.4 is 5.32 Å². The highest BCUT2D eigenvalue weighted by molar-refractivity contribution is 5.99. The van der Waals surface area contributed by atoms with Gasteiger partial charge in [-0.25, -0.2) is 0 Å². The van der Waals surface area contributed by atoms with Gasteiger partial charge < -0.3 is 15.2 Å². The molecule has 0 aliphatic carbocycles. The molecular formula is C16H24N2O2. The standard InChI is InChI=1S/C16H24N2O2/c1-2-3-9-20-12-15(19)10-14-11-17-16(18-14)13-7-5-4-6-8-13/h4-8,14-15,19H,2-3,9-12H2,1H3,(H,17,18). The molecule has 1 aromatic rings. The van der Waals surface area contributed by atoms with E-state index in [9.17, 15) is 5.11 Å². The van der Waals surface area contributed by atoms with Gasteiger partial charge in [-0.15, -0.1) is 0 Å². The van der Waals surface area contributed by atoms with E-state index in [-0.39, 0.29) is 6.04 Å². The van der Waals surface area contributed by atoms with Crippen LogP contribution in [-0.2, 0) is 4.74 Å². The molecule has 0 aromatic heterocycles. The van der Waals surface area contributed by atoms with Gasteiger partial charge in [0.15, 0.2) is 0 Å². The second-order valence-electron chi connectivity index (χ2n) is 5.20. The van der Waals surface area contributed by atoms with Crippen LogP contribution >= 0.6 is 0 Å². The topological polar surface area (TPSA) is 53.9 Å². The third-order valence-corrected chi connectivity index (χ3v) is 3.36. The molecule has 1 aromatic carbocycles. The number of aliphatic hydroxyl groups excluding tert-OH is 1. The molecule has 0 saturated carbocycles. The van der Waals surface area contributed by atoms with Gasteiger partial charge in [0, 0.05) is 18.7 Å². The van der Waals surface area contributed by atoms with Crippen LogP contribution in [-0.4, -0.2) is 42.8 Å². The highest BCUT2D eigenvalue weighted by Crippen LogP contribution is 2.11. The number of ether oxygens (including phenoxy) is 1. The molecule has 4 nitrogen and oxygen atoms in total. The lowest BCUT2D eigenvalue weighted by Crippen LogP contribution is -2.26. The number of rotatable bonds is 8. The molecular weight excluding hydrogens is 252 g/mol. The Labute approximate surface area is 120 Å². The molecule has 0 spiro atoms. The van der Waals surface area contributed by atoms with Crippen molar-refractivity contribution in [3.05, 3.63) is 35.9 Å². The number of aliphatic imine (C=N–C) groups is 1. The Morgan fingerprint density at radius 2 is 2.20 bits per heavy atom. The van der Waals surface area contributed by atoms with Gasteiger partial charge in [0.2, 0.25) is 0 Å². The maximum absolute atomic E-state index is 9.94. The van der Waals surface area contributed by atoms with Crippen molar-refractivity contribution in [3.8, 4) is 0 Å². The fourth-order valence-corrected chi connectivity index (χ4v) is 2.24. The van der Waals surface area contributed by atoms with E-state index in [1.807, 2.05) is 30.3 Å². The van der Waals surface area contributed by atoms with E-state index in [0.717, 1.165) is 37.4 Å². The number of benzene rings is 1. The maximum Gasteiger partial charge on any atom is 0.128 e. The van der Waals surface area contributed by atoms with Crippen molar-refractivity contribution in [1.82, 2.24) is 5.32 Å². The Morgan fingerprint density at radius 3 is 2.95 bits per heavy atom. The lowest BCUT2D eigenvalue weighted by Gasteiger charge is -2.13. The predicted octanol–water partition coefficient (Wildman–Crippen LogP) is 1.97. The third-order valence-electron chi connectivity index (χ3n) is 3.36. The molecule has 0 saturated heterocycles. The van der Waals surface area contributed by atoms with Gasteiger partial charge in [0.25, 0.3) is 0 Å². The molecule has 0 bridgehead atoms. The van der Waals surface area contributed by atoms with Crippen molar-refractivity contribution in [1.29, 1.82) is 0 Å². The second kappa shape index (κ2) is 8.02. The van der Waals surface area contributed by atoms with Crippen LogP contribution in [0.1, 0.15) is 31.7 Å². The monoisotopic (exact) mass is 276 g/mol. The summed E-state index contributed by atoms with van der Waals surface area (Å²) in [6, 6.07) is 10.2. The molecule has 2 atom stereocenters. The van der Waals surface area contributed by atoms with Gasteiger partial charge in [0.05, 0.1) is 18.8 Å². The number of amidine groups is 1. The number of aliphatic hydroxyl groups is 1. The minimum Gasteiger partial charge on any atom is -0.391 e. The van der Waals surface area contributed by atoms with Gasteiger partial charge in [0.1, 0.15) is 5.84 Å². The molecule has 0 amide bonds. The largest absolute Gasteiger partial charge is 0.391 e. The zero-order valence-electron chi connectivity index (χ0n) is 12.1. The van der Waals surface area contributed by atoms with Gasteiger partial charge in [-0.3, -0.25) is 4.99 Å². The normalized spacial score (nSPS) is 19.5. The van der Waals surface area contributed by atoms with Crippen LogP contribution in [0.3, 0.4) is 0 Å². The predicted molar refractivity (Wildman–Crippen MR) is 81.1 cm³/mol. The molecule has 1 aliphatic heterocycles. The number of nitrogens with zero attached hydrogens (tertiary/aromatic N) is 1. The first-order valence-corrected chi connectivity index (χ1v) is 7.42. The molecule has 20 heavy (non-hydrogen) atoms. The van der Waals surface area contributed by atoms with Gasteiger partial charge in [-0.05, 0) is 12.8 Å². The summed E-state index contributed by atoms with van der Waals surface area (Å²) in [4.78, 5) is 4.63. The number of hydrogen-bond donors (Lipinski definition) is 2. The fourth-order valence-electron chi connectivity index (χ4n) is 2.24. The van der Waals surface area contributed by atoms with Crippen molar-refractivity contribution in [2.45, 2.75) is 38.3 Å². The van der Waals surface area contributed by atoms with Gasteiger partial charge in [-0.1, -0.05) is 43.7 Å². The van der Waals surface area contributed by atoms with E-state index < -0.39 is 6.10 Å². The first kappa shape index (κ1) is 15.0. The quantitative estimate of drug-likeness (QED) is 0.714. The molecule has 2 N–H and O–H groups in total. The minimum atomic E-state index is -0.433. The summed E-state index contributed by atoms with van der Waals surface area (Å²) in [6.07, 6.45) is 2.38. The third kappa shape index (κ3) is 4.62. The fraction of sp³-hybridized carbons (Fsp3) is 0.562. The first-order chi connectivity index (χ1) is 9.79. The van der Waals surface area contributed by atoms with E-state index in [2.05, 4.69) is 17.2 Å². The van der Waals surface area contributed by atoms with E-state index >= 15 is 0 Å². The SMILES string of the molecule is CCCCOCC(O)CC1CNC(c2ccccc2)=N1. The molecule has 110 valence electrons. The average molecular weight is 276 g/mol. The Bertz CT molecular complexity index is 420. The van der Waals surface area contributed by atoms with Crippen molar-refractivity contribution < 1.29 is 9.84 Å². The summed E-state index contributed by atoms with van der Waals surface area (Å²) in [5, 5.41) is 13.2. The zero-order chi connectivity index (χ0) is 14.2.